The minimum absolute atomic E-state index is 0.0138. The van der Waals surface area contributed by atoms with Gasteiger partial charge in [0.15, 0.2) is 0 Å². The monoisotopic (exact) mass is 243 g/mol. The molecule has 1 aliphatic rings. The summed E-state index contributed by atoms with van der Waals surface area (Å²) in [7, 11) is 0. The molecule has 1 rings (SSSR count). The van der Waals surface area contributed by atoms with E-state index in [-0.39, 0.29) is 18.1 Å². The van der Waals surface area contributed by atoms with Crippen molar-refractivity contribution in [1.29, 1.82) is 0 Å². The van der Waals surface area contributed by atoms with Crippen LogP contribution in [0, 0.1) is 0 Å². The summed E-state index contributed by atoms with van der Waals surface area (Å²) < 4.78 is 5.95. The van der Waals surface area contributed by atoms with E-state index in [0.717, 1.165) is 19.4 Å². The predicted octanol–water partition coefficient (Wildman–Crippen LogP) is 2.13. The summed E-state index contributed by atoms with van der Waals surface area (Å²) in [6.07, 6.45) is 2.61. The van der Waals surface area contributed by atoms with Gasteiger partial charge in [0.25, 0.3) is 0 Å². The smallest absolute Gasteiger partial charge is 0.304 e. The number of nitrogens with zero attached hydrogens (tertiary/aromatic N) is 1. The lowest BCUT2D eigenvalue weighted by Gasteiger charge is -2.29. The Labute approximate surface area is 104 Å². The Morgan fingerprint density at radius 2 is 2.18 bits per heavy atom. The summed E-state index contributed by atoms with van der Waals surface area (Å²) in [6, 6.07) is 0.363. The van der Waals surface area contributed by atoms with E-state index in [2.05, 4.69) is 32.6 Å². The standard InChI is InChI=1S/C13H25NO3/c1-10(2)14(8-6-12(15)16)9-11-5-7-13(3,4)17-11/h10-11H,5-9H2,1-4H3,(H,15,16). The fraction of sp³-hybridized carbons (Fsp3) is 0.923. The zero-order valence-electron chi connectivity index (χ0n) is 11.4. The third kappa shape index (κ3) is 5.04. The maximum Gasteiger partial charge on any atom is 0.304 e. The average molecular weight is 243 g/mol. The van der Waals surface area contributed by atoms with Crippen molar-refractivity contribution in [3.8, 4) is 0 Å². The molecule has 0 aromatic carbocycles. The first-order valence-electron chi connectivity index (χ1n) is 6.44. The molecule has 1 fully saturated rings. The average Bonchev–Trinajstić information content (AvgIpc) is 2.52. The lowest BCUT2D eigenvalue weighted by atomic mass is 10.1. The SMILES string of the molecule is CC(C)N(CCC(=O)O)CC1CCC(C)(C)O1. The third-order valence-electron chi connectivity index (χ3n) is 3.34. The molecular weight excluding hydrogens is 218 g/mol. The second-order valence-corrected chi connectivity index (χ2v) is 5.77. The second-order valence-electron chi connectivity index (χ2n) is 5.77. The van der Waals surface area contributed by atoms with E-state index in [1.807, 2.05) is 0 Å². The zero-order chi connectivity index (χ0) is 13.1. The molecule has 1 aliphatic heterocycles. The first-order valence-corrected chi connectivity index (χ1v) is 6.44. The summed E-state index contributed by atoms with van der Waals surface area (Å²) in [5.74, 6) is -0.733. The molecular formula is C13H25NO3. The largest absolute Gasteiger partial charge is 0.481 e. The van der Waals surface area contributed by atoms with Gasteiger partial charge in [-0.1, -0.05) is 0 Å². The molecule has 0 saturated carbocycles. The number of carboxylic acids is 1. The number of hydrogen-bond donors (Lipinski definition) is 1. The minimum atomic E-state index is -0.733. The molecule has 17 heavy (non-hydrogen) atoms. The summed E-state index contributed by atoms with van der Waals surface area (Å²) in [5, 5.41) is 8.73. The highest BCUT2D eigenvalue weighted by molar-refractivity contribution is 5.66. The number of rotatable bonds is 6. The molecule has 0 aromatic heterocycles. The Kier molecular flexibility index (Phi) is 4.95. The molecule has 1 N–H and O–H groups in total. The molecule has 1 unspecified atom stereocenters. The van der Waals surface area contributed by atoms with E-state index in [4.69, 9.17) is 9.84 Å². The molecule has 100 valence electrons. The number of carbonyl (C=O) groups is 1. The highest BCUT2D eigenvalue weighted by atomic mass is 16.5. The minimum Gasteiger partial charge on any atom is -0.481 e. The Balaban J connectivity index is 2.42. The number of aliphatic carboxylic acids is 1. The molecule has 0 aromatic rings. The molecule has 1 saturated heterocycles. The van der Waals surface area contributed by atoms with Crippen LogP contribution < -0.4 is 0 Å². The summed E-state index contributed by atoms with van der Waals surface area (Å²) >= 11 is 0. The molecule has 0 spiro atoms. The van der Waals surface area contributed by atoms with Crippen LogP contribution in [0.25, 0.3) is 0 Å². The van der Waals surface area contributed by atoms with Gasteiger partial charge in [-0.3, -0.25) is 9.69 Å². The van der Waals surface area contributed by atoms with E-state index in [1.165, 1.54) is 0 Å². The lowest BCUT2D eigenvalue weighted by molar-refractivity contribution is -0.137. The van der Waals surface area contributed by atoms with Gasteiger partial charge in [-0.05, 0) is 40.5 Å². The molecule has 0 bridgehead atoms. The van der Waals surface area contributed by atoms with Crippen molar-refractivity contribution in [2.75, 3.05) is 13.1 Å². The summed E-state index contributed by atoms with van der Waals surface area (Å²) in [6.45, 7) is 9.87. The van der Waals surface area contributed by atoms with E-state index in [0.29, 0.717) is 12.6 Å². The second kappa shape index (κ2) is 5.83. The number of carboxylic acid groups (broad SMARTS) is 1. The van der Waals surface area contributed by atoms with Crippen molar-refractivity contribution in [3.63, 3.8) is 0 Å². The first kappa shape index (κ1) is 14.5. The van der Waals surface area contributed by atoms with Gasteiger partial charge in [0, 0.05) is 19.1 Å². The molecule has 4 nitrogen and oxygen atoms in total. The van der Waals surface area contributed by atoms with E-state index < -0.39 is 5.97 Å². The van der Waals surface area contributed by atoms with Crippen LogP contribution >= 0.6 is 0 Å². The summed E-state index contributed by atoms with van der Waals surface area (Å²) in [5.41, 5.74) is -0.0138. The molecule has 1 atom stereocenters. The zero-order valence-corrected chi connectivity index (χ0v) is 11.4. The van der Waals surface area contributed by atoms with Gasteiger partial charge in [-0.2, -0.15) is 0 Å². The van der Waals surface area contributed by atoms with Crippen molar-refractivity contribution >= 4 is 5.97 Å². The lowest BCUT2D eigenvalue weighted by Crippen LogP contribution is -2.39. The van der Waals surface area contributed by atoms with Gasteiger partial charge in [-0.15, -0.1) is 0 Å². The highest BCUT2D eigenvalue weighted by Gasteiger charge is 2.32. The van der Waals surface area contributed by atoms with Gasteiger partial charge >= 0.3 is 5.97 Å². The van der Waals surface area contributed by atoms with Crippen molar-refractivity contribution in [2.24, 2.45) is 0 Å². The summed E-state index contributed by atoms with van der Waals surface area (Å²) in [4.78, 5) is 12.8. The molecule has 1 heterocycles. The van der Waals surface area contributed by atoms with E-state index in [9.17, 15) is 4.79 Å². The quantitative estimate of drug-likeness (QED) is 0.776. The van der Waals surface area contributed by atoms with Crippen molar-refractivity contribution in [2.45, 2.75) is 64.7 Å². The van der Waals surface area contributed by atoms with E-state index >= 15 is 0 Å². The topological polar surface area (TPSA) is 49.8 Å². The molecule has 4 heteroatoms. The predicted molar refractivity (Wildman–Crippen MR) is 67.1 cm³/mol. The number of hydrogen-bond acceptors (Lipinski definition) is 3. The fourth-order valence-corrected chi connectivity index (χ4v) is 2.27. The Bertz CT molecular complexity index is 263. The van der Waals surface area contributed by atoms with Crippen LogP contribution in [-0.2, 0) is 9.53 Å². The Hall–Kier alpha value is -0.610. The van der Waals surface area contributed by atoms with E-state index in [1.54, 1.807) is 0 Å². The van der Waals surface area contributed by atoms with Crippen LogP contribution in [0.4, 0.5) is 0 Å². The third-order valence-corrected chi connectivity index (χ3v) is 3.34. The van der Waals surface area contributed by atoms with Gasteiger partial charge in [0.05, 0.1) is 18.1 Å². The Morgan fingerprint density at radius 3 is 2.59 bits per heavy atom. The maximum absolute atomic E-state index is 10.6. The van der Waals surface area contributed by atoms with Gasteiger partial charge in [-0.25, -0.2) is 0 Å². The highest BCUT2D eigenvalue weighted by Crippen LogP contribution is 2.29. The molecule has 0 radical (unpaired) electrons. The molecule has 0 amide bonds. The normalized spacial score (nSPS) is 23.5. The van der Waals surface area contributed by atoms with Crippen LogP contribution in [0.3, 0.4) is 0 Å². The maximum atomic E-state index is 10.6. The van der Waals surface area contributed by atoms with Gasteiger partial charge in [0.2, 0.25) is 0 Å². The van der Waals surface area contributed by atoms with Crippen LogP contribution in [0.15, 0.2) is 0 Å². The Morgan fingerprint density at radius 1 is 1.53 bits per heavy atom. The van der Waals surface area contributed by atoms with Gasteiger partial charge < -0.3 is 9.84 Å². The van der Waals surface area contributed by atoms with Crippen molar-refractivity contribution in [1.82, 2.24) is 4.90 Å². The van der Waals surface area contributed by atoms with Crippen molar-refractivity contribution < 1.29 is 14.6 Å². The van der Waals surface area contributed by atoms with Crippen LogP contribution in [0.1, 0.15) is 47.0 Å². The van der Waals surface area contributed by atoms with Crippen LogP contribution in [0.2, 0.25) is 0 Å². The molecule has 0 aliphatic carbocycles. The van der Waals surface area contributed by atoms with Crippen molar-refractivity contribution in [3.05, 3.63) is 0 Å². The fourth-order valence-electron chi connectivity index (χ4n) is 2.27. The number of ether oxygens (including phenoxy) is 1. The van der Waals surface area contributed by atoms with Crippen LogP contribution in [0.5, 0.6) is 0 Å². The van der Waals surface area contributed by atoms with Gasteiger partial charge in [0.1, 0.15) is 0 Å². The first-order chi connectivity index (χ1) is 7.80. The van der Waals surface area contributed by atoms with Crippen LogP contribution in [-0.4, -0.2) is 46.8 Å².